The van der Waals surface area contributed by atoms with Crippen LogP contribution in [0.2, 0.25) is 0 Å². The highest BCUT2D eigenvalue weighted by Gasteiger charge is 2.06. The Balaban J connectivity index is 3.55. The van der Waals surface area contributed by atoms with Crippen LogP contribution in [0.15, 0.2) is 24.5 Å². The highest BCUT2D eigenvalue weighted by Crippen LogP contribution is 1.96. The van der Waals surface area contributed by atoms with Crippen LogP contribution in [0.1, 0.15) is 13.3 Å². The van der Waals surface area contributed by atoms with E-state index in [2.05, 4.69) is 22.6 Å². The molecule has 5 heteroatoms. The van der Waals surface area contributed by atoms with Gasteiger partial charge in [0.05, 0.1) is 5.76 Å². The van der Waals surface area contributed by atoms with E-state index in [0.29, 0.717) is 0 Å². The molecule has 0 unspecified atom stereocenters. The Morgan fingerprint density at radius 3 is 2.20 bits per heavy atom. The van der Waals surface area contributed by atoms with Crippen molar-refractivity contribution < 1.29 is 24.2 Å². The van der Waals surface area contributed by atoms with E-state index in [1.54, 1.807) is 0 Å². The number of aliphatic hydroxyl groups excluding tert-OH is 1. The van der Waals surface area contributed by atoms with E-state index in [0.717, 1.165) is 0 Å². The second-order valence-corrected chi connectivity index (χ2v) is 2.88. The largest absolute Gasteiger partial charge is 0.512 e. The van der Waals surface area contributed by atoms with Gasteiger partial charge in [0.2, 0.25) is 0 Å². The SMILES string of the molecule is C=C(O)CC(=O)OCCOC(=O)C(=C)C. The first-order valence-electron chi connectivity index (χ1n) is 4.28. The minimum absolute atomic E-state index is 0.0324. The molecule has 0 spiro atoms. The molecule has 0 heterocycles. The number of hydrogen-bond acceptors (Lipinski definition) is 5. The summed E-state index contributed by atoms with van der Waals surface area (Å²) in [6, 6.07) is 0. The lowest BCUT2D eigenvalue weighted by Crippen LogP contribution is -2.14. The Bertz CT molecular complexity index is 280. The molecule has 0 aromatic rings. The van der Waals surface area contributed by atoms with Crippen molar-refractivity contribution in [2.75, 3.05) is 13.2 Å². The van der Waals surface area contributed by atoms with Gasteiger partial charge < -0.3 is 14.6 Å². The molecule has 0 fully saturated rings. The number of ether oxygens (including phenoxy) is 2. The fourth-order valence-corrected chi connectivity index (χ4v) is 0.631. The Labute approximate surface area is 88.0 Å². The van der Waals surface area contributed by atoms with E-state index in [-0.39, 0.29) is 31.0 Å². The van der Waals surface area contributed by atoms with Crippen molar-refractivity contribution in [2.45, 2.75) is 13.3 Å². The van der Waals surface area contributed by atoms with E-state index in [4.69, 9.17) is 5.11 Å². The van der Waals surface area contributed by atoms with Gasteiger partial charge in [-0.25, -0.2) is 4.79 Å². The Kier molecular flexibility index (Phi) is 5.85. The maximum absolute atomic E-state index is 10.8. The van der Waals surface area contributed by atoms with Crippen LogP contribution in [0.3, 0.4) is 0 Å². The van der Waals surface area contributed by atoms with Gasteiger partial charge in [0.1, 0.15) is 19.6 Å². The molecule has 0 aromatic carbocycles. The molecule has 0 rings (SSSR count). The van der Waals surface area contributed by atoms with Crippen molar-refractivity contribution in [3.63, 3.8) is 0 Å². The summed E-state index contributed by atoms with van der Waals surface area (Å²) in [6.07, 6.45) is -0.256. The van der Waals surface area contributed by atoms with Gasteiger partial charge in [-0.05, 0) is 6.92 Å². The van der Waals surface area contributed by atoms with Crippen molar-refractivity contribution in [3.8, 4) is 0 Å². The summed E-state index contributed by atoms with van der Waals surface area (Å²) in [5, 5.41) is 8.65. The predicted molar refractivity (Wildman–Crippen MR) is 53.1 cm³/mol. The maximum atomic E-state index is 10.8. The number of hydrogen-bond donors (Lipinski definition) is 1. The lowest BCUT2D eigenvalue weighted by atomic mass is 10.4. The average Bonchev–Trinajstić information content (AvgIpc) is 2.10. The molecule has 1 N–H and O–H groups in total. The molecule has 5 nitrogen and oxygen atoms in total. The third-order valence-electron chi connectivity index (χ3n) is 1.28. The number of rotatable bonds is 6. The van der Waals surface area contributed by atoms with Crippen molar-refractivity contribution in [1.29, 1.82) is 0 Å². The zero-order chi connectivity index (χ0) is 11.8. The van der Waals surface area contributed by atoms with Gasteiger partial charge in [0, 0.05) is 5.57 Å². The first-order chi connectivity index (χ1) is 6.93. The molecule has 0 amide bonds. The van der Waals surface area contributed by atoms with E-state index >= 15 is 0 Å². The lowest BCUT2D eigenvalue weighted by Gasteiger charge is -2.05. The fourth-order valence-electron chi connectivity index (χ4n) is 0.631. The van der Waals surface area contributed by atoms with Crippen LogP contribution in [0.25, 0.3) is 0 Å². The molecule has 0 atom stereocenters. The van der Waals surface area contributed by atoms with Crippen molar-refractivity contribution in [1.82, 2.24) is 0 Å². The van der Waals surface area contributed by atoms with Crippen LogP contribution in [-0.2, 0) is 19.1 Å². The van der Waals surface area contributed by atoms with Gasteiger partial charge in [0.15, 0.2) is 0 Å². The highest BCUT2D eigenvalue weighted by molar-refractivity contribution is 5.86. The number of aliphatic hydroxyl groups is 1. The minimum Gasteiger partial charge on any atom is -0.512 e. The minimum atomic E-state index is -0.617. The van der Waals surface area contributed by atoms with Gasteiger partial charge in [-0.3, -0.25) is 4.79 Å². The predicted octanol–water partition coefficient (Wildman–Crippen LogP) is 1.11. The average molecular weight is 214 g/mol. The van der Waals surface area contributed by atoms with Gasteiger partial charge in [-0.15, -0.1) is 0 Å². The van der Waals surface area contributed by atoms with Gasteiger partial charge >= 0.3 is 11.9 Å². The molecular formula is C10H14O5. The first kappa shape index (κ1) is 13.2. The Hall–Kier alpha value is -1.78. The molecule has 0 aromatic heterocycles. The quantitative estimate of drug-likeness (QED) is 0.310. The Morgan fingerprint density at radius 2 is 1.73 bits per heavy atom. The summed E-state index contributed by atoms with van der Waals surface area (Å²) in [5.41, 5.74) is 0.282. The zero-order valence-electron chi connectivity index (χ0n) is 8.62. The molecular weight excluding hydrogens is 200 g/mol. The summed E-state index contributed by atoms with van der Waals surface area (Å²) in [4.78, 5) is 21.7. The summed E-state index contributed by atoms with van der Waals surface area (Å²) in [6.45, 7) is 7.95. The lowest BCUT2D eigenvalue weighted by molar-refractivity contribution is -0.149. The highest BCUT2D eigenvalue weighted by atomic mass is 16.6. The molecule has 0 saturated carbocycles. The molecule has 0 aliphatic heterocycles. The second kappa shape index (κ2) is 6.64. The van der Waals surface area contributed by atoms with Crippen molar-refractivity contribution >= 4 is 11.9 Å². The molecule has 84 valence electrons. The molecule has 0 saturated heterocycles. The summed E-state index contributed by atoms with van der Waals surface area (Å²) < 4.78 is 9.27. The van der Waals surface area contributed by atoms with E-state index in [9.17, 15) is 9.59 Å². The van der Waals surface area contributed by atoms with Gasteiger partial charge in [-0.2, -0.15) is 0 Å². The van der Waals surface area contributed by atoms with E-state index < -0.39 is 11.9 Å². The summed E-state index contributed by atoms with van der Waals surface area (Å²) in [7, 11) is 0. The second-order valence-electron chi connectivity index (χ2n) is 2.88. The van der Waals surface area contributed by atoms with E-state index in [1.807, 2.05) is 0 Å². The van der Waals surface area contributed by atoms with Gasteiger partial charge in [-0.1, -0.05) is 13.2 Å². The van der Waals surface area contributed by atoms with Crippen LogP contribution >= 0.6 is 0 Å². The maximum Gasteiger partial charge on any atom is 0.333 e. The third kappa shape index (κ3) is 7.30. The molecule has 0 bridgehead atoms. The van der Waals surface area contributed by atoms with Crippen LogP contribution in [0.4, 0.5) is 0 Å². The molecule has 0 aliphatic rings. The molecule has 0 aliphatic carbocycles. The third-order valence-corrected chi connectivity index (χ3v) is 1.28. The summed E-state index contributed by atoms with van der Waals surface area (Å²) >= 11 is 0. The smallest absolute Gasteiger partial charge is 0.333 e. The molecule has 0 radical (unpaired) electrons. The topological polar surface area (TPSA) is 72.8 Å². The number of esters is 2. The number of carbonyl (C=O) groups excluding carboxylic acids is 2. The van der Waals surface area contributed by atoms with Crippen molar-refractivity contribution in [2.24, 2.45) is 0 Å². The Morgan fingerprint density at radius 1 is 1.20 bits per heavy atom. The summed E-state index contributed by atoms with van der Waals surface area (Å²) in [5.74, 6) is -1.41. The standard InChI is InChI=1S/C10H14O5/c1-7(2)10(13)15-5-4-14-9(12)6-8(3)11/h11H,1,3-6H2,2H3. The monoisotopic (exact) mass is 214 g/mol. The van der Waals surface area contributed by atoms with Crippen molar-refractivity contribution in [3.05, 3.63) is 24.5 Å². The van der Waals surface area contributed by atoms with E-state index in [1.165, 1.54) is 6.92 Å². The number of carbonyl (C=O) groups is 2. The first-order valence-corrected chi connectivity index (χ1v) is 4.28. The van der Waals surface area contributed by atoms with Gasteiger partial charge in [0.25, 0.3) is 0 Å². The molecule has 15 heavy (non-hydrogen) atoms. The normalized spacial score (nSPS) is 9.13. The zero-order valence-corrected chi connectivity index (χ0v) is 8.62. The van der Waals surface area contributed by atoms with Crippen LogP contribution in [0, 0.1) is 0 Å². The van der Waals surface area contributed by atoms with Crippen LogP contribution < -0.4 is 0 Å². The van der Waals surface area contributed by atoms with Crippen LogP contribution in [0.5, 0.6) is 0 Å². The fraction of sp³-hybridized carbons (Fsp3) is 0.400. The van der Waals surface area contributed by atoms with Crippen LogP contribution in [-0.4, -0.2) is 30.3 Å².